The van der Waals surface area contributed by atoms with Crippen molar-refractivity contribution in [2.75, 3.05) is 11.9 Å². The van der Waals surface area contributed by atoms with E-state index in [2.05, 4.69) is 4.98 Å². The zero-order chi connectivity index (χ0) is 13.1. The quantitative estimate of drug-likeness (QED) is 0.875. The third-order valence-electron chi connectivity index (χ3n) is 2.65. The summed E-state index contributed by atoms with van der Waals surface area (Å²) in [7, 11) is 1.94. The van der Waals surface area contributed by atoms with Crippen molar-refractivity contribution in [3.63, 3.8) is 0 Å². The van der Waals surface area contributed by atoms with Crippen molar-refractivity contribution in [3.05, 3.63) is 53.3 Å². The fourth-order valence-electron chi connectivity index (χ4n) is 1.63. The van der Waals surface area contributed by atoms with Crippen molar-refractivity contribution >= 4 is 40.2 Å². The zero-order valence-electron chi connectivity index (χ0n) is 9.80. The number of anilines is 2. The topological polar surface area (TPSA) is 42.1 Å². The van der Waals surface area contributed by atoms with Gasteiger partial charge in [-0.1, -0.05) is 23.8 Å². The van der Waals surface area contributed by atoms with Gasteiger partial charge < -0.3 is 10.6 Å². The van der Waals surface area contributed by atoms with Gasteiger partial charge in [-0.3, -0.25) is 4.98 Å². The molecule has 0 atom stereocenters. The second kappa shape index (κ2) is 5.33. The van der Waals surface area contributed by atoms with Crippen LogP contribution in [0.25, 0.3) is 0 Å². The molecule has 0 saturated carbocycles. The van der Waals surface area contributed by atoms with Gasteiger partial charge in [0.05, 0.1) is 10.7 Å². The number of benzene rings is 1. The molecular formula is C13H12ClN3S. The first-order valence-electron chi connectivity index (χ1n) is 5.32. The van der Waals surface area contributed by atoms with E-state index >= 15 is 0 Å². The van der Waals surface area contributed by atoms with E-state index in [1.165, 1.54) is 0 Å². The third kappa shape index (κ3) is 2.60. The van der Waals surface area contributed by atoms with Gasteiger partial charge >= 0.3 is 0 Å². The van der Waals surface area contributed by atoms with Gasteiger partial charge in [0.2, 0.25) is 0 Å². The fraction of sp³-hybridized carbons (Fsp3) is 0.0769. The lowest BCUT2D eigenvalue weighted by molar-refractivity contribution is 1.19. The summed E-state index contributed by atoms with van der Waals surface area (Å²) in [5.41, 5.74) is 8.31. The molecule has 0 fully saturated rings. The summed E-state index contributed by atoms with van der Waals surface area (Å²) in [5, 5.41) is 0.610. The Morgan fingerprint density at radius 3 is 2.50 bits per heavy atom. The molecule has 2 N–H and O–H groups in total. The van der Waals surface area contributed by atoms with Crippen LogP contribution in [-0.2, 0) is 0 Å². The van der Waals surface area contributed by atoms with Gasteiger partial charge in [-0.25, -0.2) is 0 Å². The molecule has 0 spiro atoms. The van der Waals surface area contributed by atoms with Crippen LogP contribution in [0.5, 0.6) is 0 Å². The van der Waals surface area contributed by atoms with E-state index in [0.29, 0.717) is 10.0 Å². The summed E-state index contributed by atoms with van der Waals surface area (Å²) >= 11 is 11.0. The largest absolute Gasteiger partial charge is 0.389 e. The van der Waals surface area contributed by atoms with Crippen LogP contribution < -0.4 is 10.6 Å². The number of aromatic nitrogens is 1. The lowest BCUT2D eigenvalue weighted by atomic mass is 10.2. The molecule has 1 aromatic heterocycles. The van der Waals surface area contributed by atoms with Gasteiger partial charge in [-0.2, -0.15) is 0 Å². The highest BCUT2D eigenvalue weighted by atomic mass is 35.5. The Morgan fingerprint density at radius 2 is 1.94 bits per heavy atom. The SMILES string of the molecule is CN(c1ccc(C(N)=S)cc1)c1ccncc1Cl. The molecule has 0 aliphatic heterocycles. The van der Waals surface area contributed by atoms with E-state index in [-0.39, 0.29) is 0 Å². The number of rotatable bonds is 3. The Balaban J connectivity index is 2.32. The Labute approximate surface area is 116 Å². The van der Waals surface area contributed by atoms with Crippen LogP contribution in [-0.4, -0.2) is 17.0 Å². The van der Waals surface area contributed by atoms with Gasteiger partial charge in [0.15, 0.2) is 0 Å². The summed E-state index contributed by atoms with van der Waals surface area (Å²) < 4.78 is 0. The normalized spacial score (nSPS) is 10.1. The molecule has 5 heteroatoms. The molecule has 0 bridgehead atoms. The van der Waals surface area contributed by atoms with Gasteiger partial charge in [0, 0.05) is 30.7 Å². The highest BCUT2D eigenvalue weighted by molar-refractivity contribution is 7.80. The van der Waals surface area contributed by atoms with Gasteiger partial charge in [-0.05, 0) is 30.3 Å². The van der Waals surface area contributed by atoms with Crippen LogP contribution in [0, 0.1) is 0 Å². The minimum absolute atomic E-state index is 0.395. The van der Waals surface area contributed by atoms with Crippen LogP contribution in [0.1, 0.15) is 5.56 Å². The highest BCUT2D eigenvalue weighted by Crippen LogP contribution is 2.29. The Morgan fingerprint density at radius 1 is 1.28 bits per heavy atom. The summed E-state index contributed by atoms with van der Waals surface area (Å²) in [6, 6.07) is 9.55. The number of nitrogens with two attached hydrogens (primary N) is 1. The maximum Gasteiger partial charge on any atom is 0.103 e. The molecule has 1 aromatic carbocycles. The number of hydrogen-bond donors (Lipinski definition) is 1. The van der Waals surface area contributed by atoms with Crippen LogP contribution >= 0.6 is 23.8 Å². The Kier molecular flexibility index (Phi) is 3.79. The van der Waals surface area contributed by atoms with Crippen LogP contribution in [0.2, 0.25) is 5.02 Å². The molecule has 0 saturated heterocycles. The van der Waals surface area contributed by atoms with Crippen molar-refractivity contribution in [2.45, 2.75) is 0 Å². The van der Waals surface area contributed by atoms with Crippen molar-refractivity contribution in [1.82, 2.24) is 4.98 Å². The van der Waals surface area contributed by atoms with Gasteiger partial charge in [0.25, 0.3) is 0 Å². The molecule has 0 amide bonds. The second-order valence-electron chi connectivity index (χ2n) is 3.80. The molecule has 0 unspecified atom stereocenters. The molecule has 0 radical (unpaired) electrons. The summed E-state index contributed by atoms with van der Waals surface area (Å²) in [4.78, 5) is 6.34. The highest BCUT2D eigenvalue weighted by Gasteiger charge is 2.08. The predicted molar refractivity (Wildman–Crippen MR) is 79.6 cm³/mol. The number of nitrogens with zero attached hydrogens (tertiary/aromatic N) is 2. The van der Waals surface area contributed by atoms with E-state index in [4.69, 9.17) is 29.6 Å². The molecule has 0 aliphatic rings. The van der Waals surface area contributed by atoms with E-state index < -0.39 is 0 Å². The molecule has 1 heterocycles. The molecule has 2 aromatic rings. The molecule has 18 heavy (non-hydrogen) atoms. The lowest BCUT2D eigenvalue weighted by Gasteiger charge is -2.20. The summed E-state index contributed by atoms with van der Waals surface area (Å²) in [6.07, 6.45) is 3.33. The summed E-state index contributed by atoms with van der Waals surface area (Å²) in [6.45, 7) is 0. The van der Waals surface area contributed by atoms with Crippen molar-refractivity contribution in [1.29, 1.82) is 0 Å². The van der Waals surface area contributed by atoms with E-state index in [1.54, 1.807) is 12.4 Å². The third-order valence-corrected chi connectivity index (χ3v) is 3.18. The van der Waals surface area contributed by atoms with E-state index in [0.717, 1.165) is 16.9 Å². The van der Waals surface area contributed by atoms with Crippen molar-refractivity contribution in [2.24, 2.45) is 5.73 Å². The number of halogens is 1. The summed E-state index contributed by atoms with van der Waals surface area (Å²) in [5.74, 6) is 0. The number of hydrogen-bond acceptors (Lipinski definition) is 3. The molecule has 3 nitrogen and oxygen atoms in total. The van der Waals surface area contributed by atoms with Crippen LogP contribution in [0.15, 0.2) is 42.7 Å². The average molecular weight is 278 g/mol. The smallest absolute Gasteiger partial charge is 0.103 e. The Bertz CT molecular complexity index is 569. The lowest BCUT2D eigenvalue weighted by Crippen LogP contribution is -2.12. The standard InChI is InChI=1S/C13H12ClN3S/c1-17(12-6-7-16-8-11(12)14)10-4-2-9(3-5-10)13(15)18/h2-8H,1H3,(H2,15,18). The van der Waals surface area contributed by atoms with Crippen LogP contribution in [0.3, 0.4) is 0 Å². The zero-order valence-corrected chi connectivity index (χ0v) is 11.4. The van der Waals surface area contributed by atoms with E-state index in [9.17, 15) is 0 Å². The fourth-order valence-corrected chi connectivity index (χ4v) is 2.01. The first-order valence-corrected chi connectivity index (χ1v) is 6.11. The Hall–Kier alpha value is -1.65. The molecule has 2 rings (SSSR count). The number of pyridine rings is 1. The van der Waals surface area contributed by atoms with Gasteiger partial charge in [0.1, 0.15) is 4.99 Å². The van der Waals surface area contributed by atoms with Crippen molar-refractivity contribution in [3.8, 4) is 0 Å². The van der Waals surface area contributed by atoms with Crippen molar-refractivity contribution < 1.29 is 0 Å². The first-order chi connectivity index (χ1) is 8.59. The van der Waals surface area contributed by atoms with Gasteiger partial charge in [-0.15, -0.1) is 0 Å². The molecule has 0 aliphatic carbocycles. The maximum absolute atomic E-state index is 6.11. The maximum atomic E-state index is 6.11. The minimum Gasteiger partial charge on any atom is -0.389 e. The second-order valence-corrected chi connectivity index (χ2v) is 4.64. The minimum atomic E-state index is 0.395. The van der Waals surface area contributed by atoms with E-state index in [1.807, 2.05) is 42.3 Å². The predicted octanol–water partition coefficient (Wildman–Crippen LogP) is 3.14. The monoisotopic (exact) mass is 277 g/mol. The first kappa shape index (κ1) is 12.8. The molecule has 92 valence electrons. The molecular weight excluding hydrogens is 266 g/mol. The van der Waals surface area contributed by atoms with Crippen LogP contribution in [0.4, 0.5) is 11.4 Å². The average Bonchev–Trinajstić information content (AvgIpc) is 2.38. The number of thiocarbonyl (C=S) groups is 1.